The molecular formula is C23H20BrCl2N5O3. The maximum atomic E-state index is 12.9. The van der Waals surface area contributed by atoms with Crippen molar-refractivity contribution in [3.05, 3.63) is 67.2 Å². The Hall–Kier alpha value is -2.62. The fraction of sp³-hybridized carbons (Fsp3) is 0.304. The summed E-state index contributed by atoms with van der Waals surface area (Å²) in [6, 6.07) is 8.69. The van der Waals surface area contributed by atoms with Crippen molar-refractivity contribution >= 4 is 50.9 Å². The Balaban J connectivity index is 1.53. The number of ether oxygens (including phenoxy) is 2. The first-order chi connectivity index (χ1) is 16.5. The van der Waals surface area contributed by atoms with Crippen LogP contribution in [0.3, 0.4) is 0 Å². The van der Waals surface area contributed by atoms with Crippen molar-refractivity contribution in [3.8, 4) is 11.5 Å². The van der Waals surface area contributed by atoms with Gasteiger partial charge in [0.1, 0.15) is 12.6 Å². The predicted molar refractivity (Wildman–Crippen MR) is 132 cm³/mol. The van der Waals surface area contributed by atoms with Crippen molar-refractivity contribution in [1.82, 2.24) is 20.2 Å². The molecule has 1 N–H and O–H groups in total. The van der Waals surface area contributed by atoms with Crippen LogP contribution in [0.4, 0.5) is 5.95 Å². The summed E-state index contributed by atoms with van der Waals surface area (Å²) in [6.45, 7) is 2.61. The second-order valence-corrected chi connectivity index (χ2v) is 9.61. The summed E-state index contributed by atoms with van der Waals surface area (Å²) in [5.74, 6) is 1.69. The molecule has 8 nitrogen and oxygen atoms in total. The minimum atomic E-state index is -0.464. The molecule has 5 rings (SSSR count). The van der Waals surface area contributed by atoms with Gasteiger partial charge < -0.3 is 14.8 Å². The van der Waals surface area contributed by atoms with Crippen molar-refractivity contribution in [2.75, 3.05) is 11.9 Å². The van der Waals surface area contributed by atoms with E-state index >= 15 is 0 Å². The molecule has 0 radical (unpaired) electrons. The summed E-state index contributed by atoms with van der Waals surface area (Å²) in [6.07, 6.45) is 2.07. The minimum Gasteiger partial charge on any atom is -0.490 e. The zero-order valence-electron chi connectivity index (χ0n) is 18.1. The van der Waals surface area contributed by atoms with Gasteiger partial charge in [0.2, 0.25) is 5.95 Å². The van der Waals surface area contributed by atoms with E-state index in [0.717, 1.165) is 29.7 Å². The van der Waals surface area contributed by atoms with Crippen LogP contribution >= 0.6 is 39.1 Å². The second kappa shape index (κ2) is 9.56. The number of aromatic nitrogens is 4. The maximum Gasteiger partial charge on any atom is 0.248 e. The Kier molecular flexibility index (Phi) is 6.50. The molecule has 176 valence electrons. The maximum absolute atomic E-state index is 12.9. The minimum absolute atomic E-state index is 0.0916. The molecule has 1 aliphatic heterocycles. The molecule has 2 aromatic carbocycles. The largest absolute Gasteiger partial charge is 0.490 e. The van der Waals surface area contributed by atoms with E-state index in [0.29, 0.717) is 50.6 Å². The van der Waals surface area contributed by atoms with Gasteiger partial charge in [0, 0.05) is 17.7 Å². The van der Waals surface area contributed by atoms with Crippen LogP contribution in [0.2, 0.25) is 10.0 Å². The summed E-state index contributed by atoms with van der Waals surface area (Å²) in [7, 11) is 0. The molecule has 2 heterocycles. The third-order valence-corrected chi connectivity index (χ3v) is 7.07. The number of ketones is 1. The zero-order valence-corrected chi connectivity index (χ0v) is 21.2. The first kappa shape index (κ1) is 23.1. The Bertz CT molecular complexity index is 1310. The molecule has 34 heavy (non-hydrogen) atoms. The normalized spacial score (nSPS) is 17.2. The zero-order chi connectivity index (χ0) is 23.8. The molecule has 0 fully saturated rings. The highest BCUT2D eigenvalue weighted by Crippen LogP contribution is 2.44. The van der Waals surface area contributed by atoms with Gasteiger partial charge in [0.25, 0.3) is 0 Å². The van der Waals surface area contributed by atoms with E-state index < -0.39 is 6.04 Å². The van der Waals surface area contributed by atoms with Crippen LogP contribution in [0.15, 0.2) is 46.1 Å². The van der Waals surface area contributed by atoms with E-state index in [-0.39, 0.29) is 12.4 Å². The number of fused-ring (bicyclic) bond motifs is 1. The second-order valence-electron chi connectivity index (χ2n) is 7.94. The molecular weight excluding hydrogens is 545 g/mol. The van der Waals surface area contributed by atoms with Crippen LogP contribution in [0, 0.1) is 0 Å². The summed E-state index contributed by atoms with van der Waals surface area (Å²) >= 11 is 15.8. The van der Waals surface area contributed by atoms with Crippen molar-refractivity contribution in [2.45, 2.75) is 38.8 Å². The van der Waals surface area contributed by atoms with Crippen molar-refractivity contribution in [2.24, 2.45) is 0 Å². The molecule has 0 saturated heterocycles. The number of Topliss-reactive ketones (excluding diaryl/α,β-unsaturated/α-hetero) is 1. The topological polar surface area (TPSA) is 91.2 Å². The van der Waals surface area contributed by atoms with E-state index in [1.165, 1.54) is 0 Å². The molecule has 0 spiro atoms. The molecule has 11 heteroatoms. The average molecular weight is 565 g/mol. The molecule has 0 amide bonds. The first-order valence-corrected chi connectivity index (χ1v) is 12.3. The van der Waals surface area contributed by atoms with Gasteiger partial charge in [0.15, 0.2) is 17.3 Å². The predicted octanol–water partition coefficient (Wildman–Crippen LogP) is 5.74. The van der Waals surface area contributed by atoms with Crippen molar-refractivity contribution < 1.29 is 14.3 Å². The van der Waals surface area contributed by atoms with Crippen LogP contribution in [0.25, 0.3) is 0 Å². The van der Waals surface area contributed by atoms with Crippen molar-refractivity contribution in [1.29, 1.82) is 0 Å². The Morgan fingerprint density at radius 1 is 1.18 bits per heavy atom. The van der Waals surface area contributed by atoms with Gasteiger partial charge in [-0.2, -0.15) is 4.68 Å². The standard InChI is InChI=1S/C23H20BrCl2N5O3/c1-2-33-19-10-13(9-14(24)22(19)34-11-12-6-7-15(25)16(26)8-12)21-20-17(4-3-5-18(20)32)27-23-28-29-30-31(21)23/h6-10,21H,2-5,11H2,1H3,(H,27,28,30). The van der Waals surface area contributed by atoms with Gasteiger partial charge in [-0.05, 0) is 81.5 Å². The number of tetrazole rings is 1. The Labute approximate surface area is 214 Å². The fourth-order valence-corrected chi connectivity index (χ4v) is 5.15. The Morgan fingerprint density at radius 3 is 2.82 bits per heavy atom. The van der Waals surface area contributed by atoms with E-state index in [9.17, 15) is 4.79 Å². The number of benzene rings is 2. The van der Waals surface area contributed by atoms with Gasteiger partial charge in [-0.15, -0.1) is 0 Å². The monoisotopic (exact) mass is 563 g/mol. The molecule has 1 aliphatic carbocycles. The number of anilines is 1. The highest BCUT2D eigenvalue weighted by atomic mass is 79.9. The summed E-state index contributed by atoms with van der Waals surface area (Å²) in [4.78, 5) is 12.9. The number of halogens is 3. The third-order valence-electron chi connectivity index (χ3n) is 5.74. The number of carbonyl (C=O) groups excluding carboxylic acids is 1. The van der Waals surface area contributed by atoms with E-state index in [4.69, 9.17) is 32.7 Å². The molecule has 3 aromatic rings. The smallest absolute Gasteiger partial charge is 0.248 e. The molecule has 0 bridgehead atoms. The van der Waals surface area contributed by atoms with Crippen LogP contribution in [0.5, 0.6) is 11.5 Å². The highest BCUT2D eigenvalue weighted by molar-refractivity contribution is 9.10. The summed E-state index contributed by atoms with van der Waals surface area (Å²) in [5.41, 5.74) is 3.24. The number of nitrogens with one attached hydrogen (secondary N) is 1. The number of allylic oxidation sites excluding steroid dienone is 2. The quantitative estimate of drug-likeness (QED) is 0.408. The number of hydrogen-bond donors (Lipinski definition) is 1. The molecule has 1 atom stereocenters. The lowest BCUT2D eigenvalue weighted by Gasteiger charge is -2.32. The highest BCUT2D eigenvalue weighted by Gasteiger charge is 2.37. The van der Waals surface area contributed by atoms with Crippen molar-refractivity contribution in [3.63, 3.8) is 0 Å². The number of hydrogen-bond acceptors (Lipinski definition) is 7. The van der Waals surface area contributed by atoms with Crippen LogP contribution in [-0.2, 0) is 11.4 Å². The van der Waals surface area contributed by atoms with E-state index in [1.807, 2.05) is 25.1 Å². The third kappa shape index (κ3) is 4.28. The van der Waals surface area contributed by atoms with Gasteiger partial charge >= 0.3 is 0 Å². The SMILES string of the molecule is CCOc1cc(C2C3=C(CCCC3=O)Nc3nnnn32)cc(Br)c1OCc1ccc(Cl)c(Cl)c1. The Morgan fingerprint density at radius 2 is 2.03 bits per heavy atom. The van der Waals surface area contributed by atoms with Crippen LogP contribution < -0.4 is 14.8 Å². The van der Waals surface area contributed by atoms with Crippen LogP contribution in [-0.4, -0.2) is 32.6 Å². The fourth-order valence-electron chi connectivity index (χ4n) is 4.26. The number of carbonyl (C=O) groups is 1. The number of rotatable bonds is 6. The molecule has 1 unspecified atom stereocenters. The number of nitrogens with zero attached hydrogens (tertiary/aromatic N) is 4. The summed E-state index contributed by atoms with van der Waals surface area (Å²) in [5, 5.41) is 16.2. The lowest BCUT2D eigenvalue weighted by Crippen LogP contribution is -2.31. The summed E-state index contributed by atoms with van der Waals surface area (Å²) < 4.78 is 14.4. The van der Waals surface area contributed by atoms with E-state index in [2.05, 4.69) is 36.8 Å². The van der Waals surface area contributed by atoms with Gasteiger partial charge in [0.05, 0.1) is 21.1 Å². The molecule has 2 aliphatic rings. The molecule has 0 saturated carbocycles. The van der Waals surface area contributed by atoms with E-state index in [1.54, 1.807) is 16.8 Å². The lowest BCUT2D eigenvalue weighted by molar-refractivity contribution is -0.116. The van der Waals surface area contributed by atoms with Gasteiger partial charge in [-0.3, -0.25) is 4.79 Å². The average Bonchev–Trinajstić information content (AvgIpc) is 3.28. The first-order valence-electron chi connectivity index (χ1n) is 10.8. The lowest BCUT2D eigenvalue weighted by atomic mass is 9.85. The van der Waals surface area contributed by atoms with Gasteiger partial charge in [-0.25, -0.2) is 0 Å². The van der Waals surface area contributed by atoms with Gasteiger partial charge in [-0.1, -0.05) is 34.4 Å². The van der Waals surface area contributed by atoms with Crippen LogP contribution in [0.1, 0.15) is 43.4 Å². The molecule has 1 aromatic heterocycles.